The molecule has 2 fully saturated rings. The van der Waals surface area contributed by atoms with Gasteiger partial charge in [-0.15, -0.1) is 0 Å². The summed E-state index contributed by atoms with van der Waals surface area (Å²) in [5.74, 6) is 0.563. The predicted molar refractivity (Wildman–Crippen MR) is 44.3 cm³/mol. The Kier molecular flexibility index (Phi) is 1.69. The van der Waals surface area contributed by atoms with Crippen molar-refractivity contribution in [3.05, 3.63) is 0 Å². The van der Waals surface area contributed by atoms with Gasteiger partial charge in [-0.1, -0.05) is 19.8 Å². The molecule has 0 radical (unpaired) electrons. The molecule has 3 atom stereocenters. The predicted octanol–water partition coefficient (Wildman–Crippen LogP) is 1.29. The number of nitrogens with two attached hydrogens (primary N) is 1. The largest absolute Gasteiger partial charge is 0.366 e. The maximum absolute atomic E-state index is 5.74. The van der Waals surface area contributed by atoms with Crippen LogP contribution in [0, 0.1) is 5.92 Å². The van der Waals surface area contributed by atoms with Gasteiger partial charge in [0.05, 0.1) is 11.7 Å². The number of hydrogen-bond donors (Lipinski definition) is 1. The second-order valence-electron chi connectivity index (χ2n) is 3.94. The van der Waals surface area contributed by atoms with E-state index in [0.29, 0.717) is 12.0 Å². The van der Waals surface area contributed by atoms with Gasteiger partial charge in [-0.25, -0.2) is 0 Å². The topological polar surface area (TPSA) is 38.5 Å². The quantitative estimate of drug-likeness (QED) is 0.610. The van der Waals surface area contributed by atoms with E-state index in [4.69, 9.17) is 10.5 Å². The van der Waals surface area contributed by atoms with Crippen LogP contribution >= 0.6 is 0 Å². The maximum atomic E-state index is 5.74. The summed E-state index contributed by atoms with van der Waals surface area (Å²) in [7, 11) is 0. The van der Waals surface area contributed by atoms with Gasteiger partial charge in [0.25, 0.3) is 0 Å². The molecule has 2 rings (SSSR count). The minimum Gasteiger partial charge on any atom is -0.366 e. The summed E-state index contributed by atoms with van der Waals surface area (Å²) >= 11 is 0. The lowest BCUT2D eigenvalue weighted by atomic mass is 9.80. The van der Waals surface area contributed by atoms with Crippen molar-refractivity contribution in [2.75, 3.05) is 6.54 Å². The number of fused-ring (bicyclic) bond motifs is 1. The molecule has 11 heavy (non-hydrogen) atoms. The first-order valence-electron chi connectivity index (χ1n) is 4.67. The van der Waals surface area contributed by atoms with E-state index in [-0.39, 0.29) is 5.60 Å². The summed E-state index contributed by atoms with van der Waals surface area (Å²) in [5, 5.41) is 0. The number of rotatable bonds is 2. The van der Waals surface area contributed by atoms with Crippen LogP contribution in [0.1, 0.15) is 32.6 Å². The Hall–Kier alpha value is -0.0800. The molecule has 1 aliphatic heterocycles. The second-order valence-corrected chi connectivity index (χ2v) is 3.94. The van der Waals surface area contributed by atoms with Crippen molar-refractivity contribution in [1.29, 1.82) is 0 Å². The van der Waals surface area contributed by atoms with E-state index in [2.05, 4.69) is 6.92 Å². The summed E-state index contributed by atoms with van der Waals surface area (Å²) in [6.45, 7) is 2.99. The zero-order valence-electron chi connectivity index (χ0n) is 7.18. The van der Waals surface area contributed by atoms with Crippen molar-refractivity contribution < 1.29 is 4.74 Å². The SMILES string of the molecule is CC(CN)C12CCCCC1O2. The molecule has 0 spiro atoms. The molecule has 1 saturated carbocycles. The first-order valence-corrected chi connectivity index (χ1v) is 4.67. The molecule has 0 aromatic carbocycles. The van der Waals surface area contributed by atoms with E-state index in [0.717, 1.165) is 6.54 Å². The lowest BCUT2D eigenvalue weighted by molar-refractivity contribution is 0.217. The molecule has 0 aromatic heterocycles. The summed E-state index contributed by atoms with van der Waals surface area (Å²) in [6, 6.07) is 0. The molecule has 2 N–H and O–H groups in total. The van der Waals surface area contributed by atoms with Crippen molar-refractivity contribution in [2.24, 2.45) is 11.7 Å². The van der Waals surface area contributed by atoms with Crippen LogP contribution in [0.4, 0.5) is 0 Å². The molecule has 1 aliphatic carbocycles. The van der Waals surface area contributed by atoms with Crippen LogP contribution < -0.4 is 5.73 Å². The number of hydrogen-bond acceptors (Lipinski definition) is 2. The lowest BCUT2D eigenvalue weighted by Gasteiger charge is -2.22. The van der Waals surface area contributed by atoms with Gasteiger partial charge in [0.2, 0.25) is 0 Å². The van der Waals surface area contributed by atoms with Crippen LogP contribution in [0.2, 0.25) is 0 Å². The highest BCUT2D eigenvalue weighted by molar-refractivity contribution is 5.08. The minimum atomic E-state index is 0.229. The van der Waals surface area contributed by atoms with Crippen LogP contribution in [0.15, 0.2) is 0 Å². The third kappa shape index (κ3) is 1.00. The van der Waals surface area contributed by atoms with Gasteiger partial charge < -0.3 is 10.5 Å². The van der Waals surface area contributed by atoms with Crippen LogP contribution in [0.3, 0.4) is 0 Å². The lowest BCUT2D eigenvalue weighted by Crippen LogP contribution is -2.32. The van der Waals surface area contributed by atoms with Crippen LogP contribution in [0.5, 0.6) is 0 Å². The van der Waals surface area contributed by atoms with E-state index in [1.165, 1.54) is 25.7 Å². The molecular formula is C9H17NO. The first-order chi connectivity index (χ1) is 5.29. The minimum absolute atomic E-state index is 0.229. The second kappa shape index (κ2) is 2.46. The molecule has 1 saturated heterocycles. The van der Waals surface area contributed by atoms with Crippen LogP contribution in [-0.4, -0.2) is 18.2 Å². The standard InChI is InChI=1S/C9H17NO/c1-7(6-10)9-5-3-2-4-8(9)11-9/h7-8H,2-6,10H2,1H3. The van der Waals surface area contributed by atoms with Crippen LogP contribution in [0.25, 0.3) is 0 Å². The summed E-state index contributed by atoms with van der Waals surface area (Å²) in [6.07, 6.45) is 5.76. The van der Waals surface area contributed by atoms with Gasteiger partial charge >= 0.3 is 0 Å². The molecule has 2 aliphatic rings. The zero-order valence-corrected chi connectivity index (χ0v) is 7.18. The van der Waals surface area contributed by atoms with Gasteiger partial charge in [0.1, 0.15) is 0 Å². The molecule has 1 heterocycles. The fraction of sp³-hybridized carbons (Fsp3) is 1.00. The van der Waals surface area contributed by atoms with E-state index in [9.17, 15) is 0 Å². The fourth-order valence-corrected chi connectivity index (χ4v) is 2.36. The smallest absolute Gasteiger partial charge is 0.0985 e. The average Bonchev–Trinajstić information content (AvgIpc) is 2.78. The van der Waals surface area contributed by atoms with Gasteiger partial charge in [-0.3, -0.25) is 0 Å². The summed E-state index contributed by atoms with van der Waals surface area (Å²) in [5.41, 5.74) is 5.86. The highest BCUT2D eigenvalue weighted by Crippen LogP contribution is 2.52. The van der Waals surface area contributed by atoms with E-state index >= 15 is 0 Å². The normalized spacial score (nSPS) is 44.7. The monoisotopic (exact) mass is 155 g/mol. The Morgan fingerprint density at radius 3 is 3.09 bits per heavy atom. The van der Waals surface area contributed by atoms with Gasteiger partial charge in [0, 0.05) is 0 Å². The number of ether oxygens (including phenoxy) is 1. The van der Waals surface area contributed by atoms with E-state index < -0.39 is 0 Å². The third-order valence-corrected chi connectivity index (χ3v) is 3.32. The Balaban J connectivity index is 2.01. The Bertz CT molecular complexity index is 160. The van der Waals surface area contributed by atoms with Crippen molar-refractivity contribution in [3.63, 3.8) is 0 Å². The Labute approximate surface area is 68.1 Å². The third-order valence-electron chi connectivity index (χ3n) is 3.32. The molecule has 64 valence electrons. The molecule has 2 heteroatoms. The first kappa shape index (κ1) is 7.56. The van der Waals surface area contributed by atoms with Gasteiger partial charge in [-0.2, -0.15) is 0 Å². The van der Waals surface area contributed by atoms with Crippen molar-refractivity contribution in [3.8, 4) is 0 Å². The molecule has 0 bridgehead atoms. The molecule has 0 aromatic rings. The van der Waals surface area contributed by atoms with E-state index in [1.54, 1.807) is 0 Å². The van der Waals surface area contributed by atoms with Crippen molar-refractivity contribution >= 4 is 0 Å². The molecular weight excluding hydrogens is 138 g/mol. The molecule has 3 unspecified atom stereocenters. The van der Waals surface area contributed by atoms with Gasteiger partial charge in [0.15, 0.2) is 0 Å². The Morgan fingerprint density at radius 1 is 1.64 bits per heavy atom. The van der Waals surface area contributed by atoms with Gasteiger partial charge in [-0.05, 0) is 25.3 Å². The van der Waals surface area contributed by atoms with Crippen molar-refractivity contribution in [2.45, 2.75) is 44.3 Å². The maximum Gasteiger partial charge on any atom is 0.0985 e. The fourth-order valence-electron chi connectivity index (χ4n) is 2.36. The number of epoxide rings is 1. The van der Waals surface area contributed by atoms with Crippen molar-refractivity contribution in [1.82, 2.24) is 0 Å². The zero-order chi connectivity index (χ0) is 7.90. The molecule has 0 amide bonds. The van der Waals surface area contributed by atoms with Crippen LogP contribution in [-0.2, 0) is 4.74 Å². The highest BCUT2D eigenvalue weighted by atomic mass is 16.6. The van der Waals surface area contributed by atoms with E-state index in [1.807, 2.05) is 0 Å². The summed E-state index contributed by atoms with van der Waals surface area (Å²) in [4.78, 5) is 0. The Morgan fingerprint density at radius 2 is 2.45 bits per heavy atom. The highest BCUT2D eigenvalue weighted by Gasteiger charge is 2.59. The summed E-state index contributed by atoms with van der Waals surface area (Å²) < 4.78 is 5.74. The molecule has 2 nitrogen and oxygen atoms in total. The average molecular weight is 155 g/mol.